The Balaban J connectivity index is 2.05. The molecular weight excluding hydrogens is 324 g/mol. The molecule has 1 aromatic carbocycles. The van der Waals surface area contributed by atoms with Gasteiger partial charge in [-0.05, 0) is 36.8 Å². The maximum absolute atomic E-state index is 13.1. The van der Waals surface area contributed by atoms with Gasteiger partial charge in [-0.25, -0.2) is 18.7 Å². The Morgan fingerprint density at radius 3 is 2.64 bits per heavy atom. The molecule has 4 aromatic rings. The van der Waals surface area contributed by atoms with Crippen molar-refractivity contribution < 1.29 is 8.78 Å². The topological polar surface area (TPSA) is 59.4 Å². The number of alkyl halides is 2. The first kappa shape index (κ1) is 15.7. The molecule has 0 aliphatic heterocycles. The molecule has 25 heavy (non-hydrogen) atoms. The van der Waals surface area contributed by atoms with Crippen LogP contribution in [-0.2, 0) is 0 Å². The molecule has 0 aliphatic rings. The zero-order valence-electron chi connectivity index (χ0n) is 14.1. The third-order valence-electron chi connectivity index (χ3n) is 4.28. The van der Waals surface area contributed by atoms with E-state index < -0.39 is 6.43 Å². The predicted molar refractivity (Wildman–Crippen MR) is 92.3 cm³/mol. The third kappa shape index (κ3) is 2.47. The number of nitrogens with zero attached hydrogens (tertiary/aromatic N) is 4. The van der Waals surface area contributed by atoms with E-state index >= 15 is 0 Å². The van der Waals surface area contributed by atoms with Gasteiger partial charge in [0.1, 0.15) is 17.0 Å². The van der Waals surface area contributed by atoms with E-state index in [0.717, 1.165) is 28.0 Å². The number of aryl methyl sites for hydroxylation is 1. The average Bonchev–Trinajstić information content (AvgIpc) is 3.18. The number of aromatic amines is 1. The van der Waals surface area contributed by atoms with Crippen molar-refractivity contribution in [2.75, 3.05) is 0 Å². The number of rotatable bonds is 3. The van der Waals surface area contributed by atoms with Crippen LogP contribution in [0.2, 0.25) is 0 Å². The molecule has 5 nitrogen and oxygen atoms in total. The lowest BCUT2D eigenvalue weighted by Gasteiger charge is -2.12. The van der Waals surface area contributed by atoms with Crippen molar-refractivity contribution in [3.05, 3.63) is 47.5 Å². The van der Waals surface area contributed by atoms with E-state index in [0.29, 0.717) is 11.2 Å². The Morgan fingerprint density at radius 1 is 1.12 bits per heavy atom. The lowest BCUT2D eigenvalue weighted by atomic mass is 10.1. The van der Waals surface area contributed by atoms with E-state index in [1.165, 1.54) is 6.07 Å². The number of nitrogens with one attached hydrogen (secondary N) is 1. The molecule has 0 unspecified atom stereocenters. The van der Waals surface area contributed by atoms with Crippen LogP contribution in [0.25, 0.3) is 27.8 Å². The summed E-state index contributed by atoms with van der Waals surface area (Å²) in [5.74, 6) is 0.903. The van der Waals surface area contributed by atoms with Crippen molar-refractivity contribution in [3.8, 4) is 5.69 Å². The molecule has 0 radical (unpaired) electrons. The van der Waals surface area contributed by atoms with Crippen molar-refractivity contribution in [1.29, 1.82) is 0 Å². The summed E-state index contributed by atoms with van der Waals surface area (Å²) in [6.07, 6.45) is -0.869. The van der Waals surface area contributed by atoms with Gasteiger partial charge in [0.15, 0.2) is 5.65 Å². The first-order valence-electron chi connectivity index (χ1n) is 8.07. The number of hydrogen-bond donors (Lipinski definition) is 1. The van der Waals surface area contributed by atoms with Crippen LogP contribution >= 0.6 is 0 Å². The van der Waals surface area contributed by atoms with Gasteiger partial charge in [0.05, 0.1) is 11.7 Å². The monoisotopic (exact) mass is 341 g/mol. The van der Waals surface area contributed by atoms with Gasteiger partial charge >= 0.3 is 0 Å². The largest absolute Gasteiger partial charge is 0.280 e. The molecular formula is C18H17F2N5. The van der Waals surface area contributed by atoms with Crippen LogP contribution in [0.15, 0.2) is 30.5 Å². The van der Waals surface area contributed by atoms with E-state index in [1.807, 2.05) is 37.5 Å². The summed E-state index contributed by atoms with van der Waals surface area (Å²) in [4.78, 5) is 8.80. The van der Waals surface area contributed by atoms with E-state index in [9.17, 15) is 8.78 Å². The second kappa shape index (κ2) is 5.61. The van der Waals surface area contributed by atoms with Gasteiger partial charge in [0.25, 0.3) is 6.43 Å². The van der Waals surface area contributed by atoms with Crippen molar-refractivity contribution in [2.24, 2.45) is 0 Å². The molecule has 3 aromatic heterocycles. The highest BCUT2D eigenvalue weighted by Crippen LogP contribution is 2.29. The summed E-state index contributed by atoms with van der Waals surface area (Å²) in [6, 6.07) is 6.90. The Bertz CT molecular complexity index is 1080. The maximum atomic E-state index is 13.1. The lowest BCUT2D eigenvalue weighted by molar-refractivity contribution is 0.146. The van der Waals surface area contributed by atoms with E-state index in [1.54, 1.807) is 12.3 Å². The van der Waals surface area contributed by atoms with Crippen molar-refractivity contribution >= 4 is 22.1 Å². The molecule has 0 saturated heterocycles. The van der Waals surface area contributed by atoms with Crippen molar-refractivity contribution in [3.63, 3.8) is 0 Å². The Hall–Kier alpha value is -2.83. The number of fused-ring (bicyclic) bond motifs is 2. The number of imidazole rings is 1. The second-order valence-corrected chi connectivity index (χ2v) is 6.44. The fourth-order valence-electron chi connectivity index (χ4n) is 3.10. The smallest absolute Gasteiger partial charge is 0.280 e. The molecule has 7 heteroatoms. The third-order valence-corrected chi connectivity index (χ3v) is 4.28. The number of hydrogen-bond acceptors (Lipinski definition) is 3. The summed E-state index contributed by atoms with van der Waals surface area (Å²) in [5.41, 5.74) is 3.63. The van der Waals surface area contributed by atoms with Gasteiger partial charge in [0, 0.05) is 17.0 Å². The normalized spacial score (nSPS) is 12.1. The van der Waals surface area contributed by atoms with Crippen LogP contribution in [0, 0.1) is 6.92 Å². The van der Waals surface area contributed by atoms with Crippen LogP contribution < -0.4 is 0 Å². The van der Waals surface area contributed by atoms with Gasteiger partial charge in [-0.1, -0.05) is 13.8 Å². The summed E-state index contributed by atoms with van der Waals surface area (Å²) in [7, 11) is 0. The molecule has 128 valence electrons. The molecule has 0 amide bonds. The van der Waals surface area contributed by atoms with Gasteiger partial charge in [0.2, 0.25) is 0 Å². The van der Waals surface area contributed by atoms with E-state index in [4.69, 9.17) is 0 Å². The predicted octanol–water partition coefficient (Wildman–Crippen LogP) is 4.67. The lowest BCUT2D eigenvalue weighted by Crippen LogP contribution is -2.05. The molecule has 3 heterocycles. The molecule has 4 rings (SSSR count). The molecule has 0 atom stereocenters. The van der Waals surface area contributed by atoms with Gasteiger partial charge in [-0.3, -0.25) is 9.67 Å². The van der Waals surface area contributed by atoms with E-state index in [2.05, 4.69) is 20.2 Å². The van der Waals surface area contributed by atoms with Crippen LogP contribution in [0.3, 0.4) is 0 Å². The minimum absolute atomic E-state index is 0.115. The standard InChI is InChI=1S/C18H17F2N5/c1-9(2)17-23-14-5-4-13(16(19)20)22-18(14)25(17)12-6-10(3)15-11(7-12)8-21-24-15/h4-9,16H,1-3H3,(H,21,24). The van der Waals surface area contributed by atoms with Crippen molar-refractivity contribution in [2.45, 2.75) is 33.1 Å². The van der Waals surface area contributed by atoms with Crippen LogP contribution in [-0.4, -0.2) is 24.7 Å². The first-order valence-corrected chi connectivity index (χ1v) is 8.07. The quantitative estimate of drug-likeness (QED) is 0.589. The molecule has 1 N–H and O–H groups in total. The van der Waals surface area contributed by atoms with Gasteiger partial charge < -0.3 is 0 Å². The summed E-state index contributed by atoms with van der Waals surface area (Å²) >= 11 is 0. The van der Waals surface area contributed by atoms with E-state index in [-0.39, 0.29) is 11.6 Å². The molecule has 0 spiro atoms. The zero-order valence-corrected chi connectivity index (χ0v) is 14.1. The minimum Gasteiger partial charge on any atom is -0.280 e. The number of pyridine rings is 1. The molecule has 0 saturated carbocycles. The summed E-state index contributed by atoms with van der Waals surface area (Å²) in [6.45, 7) is 6.03. The molecule has 0 bridgehead atoms. The van der Waals surface area contributed by atoms with Crippen LogP contribution in [0.4, 0.5) is 8.78 Å². The summed E-state index contributed by atoms with van der Waals surface area (Å²) in [5, 5.41) is 8.00. The van der Waals surface area contributed by atoms with Crippen LogP contribution in [0.5, 0.6) is 0 Å². The highest BCUT2D eigenvalue weighted by atomic mass is 19.3. The summed E-state index contributed by atoms with van der Waals surface area (Å²) < 4.78 is 28.1. The number of aromatic nitrogens is 5. The van der Waals surface area contributed by atoms with Gasteiger partial charge in [-0.2, -0.15) is 5.10 Å². The average molecular weight is 341 g/mol. The number of halogens is 2. The SMILES string of the molecule is Cc1cc(-n2c(C(C)C)nc3ccc(C(F)F)nc32)cc2cn[nH]c12. The maximum Gasteiger partial charge on any atom is 0.280 e. The highest BCUT2D eigenvalue weighted by Gasteiger charge is 2.19. The Morgan fingerprint density at radius 2 is 1.92 bits per heavy atom. The van der Waals surface area contributed by atoms with Gasteiger partial charge in [-0.15, -0.1) is 0 Å². The first-order chi connectivity index (χ1) is 12.0. The number of H-pyrrole nitrogens is 1. The fourth-order valence-corrected chi connectivity index (χ4v) is 3.10. The highest BCUT2D eigenvalue weighted by molar-refractivity contribution is 5.85. The van der Waals surface area contributed by atoms with Crippen LogP contribution in [0.1, 0.15) is 43.3 Å². The second-order valence-electron chi connectivity index (χ2n) is 6.44. The Labute approximate surface area is 142 Å². The fraction of sp³-hybridized carbons (Fsp3) is 0.278. The number of benzene rings is 1. The molecule has 0 fully saturated rings. The van der Waals surface area contributed by atoms with Crippen molar-refractivity contribution in [1.82, 2.24) is 24.7 Å². The zero-order chi connectivity index (χ0) is 17.7. The minimum atomic E-state index is -2.62. The molecule has 0 aliphatic carbocycles. The Kier molecular flexibility index (Phi) is 3.52.